The first-order chi connectivity index (χ1) is 13.7. The van der Waals surface area contributed by atoms with Gasteiger partial charge in [0.15, 0.2) is 0 Å². The zero-order chi connectivity index (χ0) is 21.3. The molecule has 1 aromatic heterocycles. The van der Waals surface area contributed by atoms with Gasteiger partial charge >= 0.3 is 5.97 Å². The Kier molecular flexibility index (Phi) is 5.26. The van der Waals surface area contributed by atoms with E-state index >= 15 is 0 Å². The third-order valence-corrected chi connectivity index (χ3v) is 4.16. The fourth-order valence-electron chi connectivity index (χ4n) is 2.85. The standard InChI is InChI=1S/C19H13F3N2O5/c20-10-1-3-13(22)9(5-10)8-24-14-4-2-11(21)6-12(14)17(27)16(19(24)29)18(28)23-7-15(25)26/h1-6,27H,7-8H2,(H,23,28)(H,25,26). The van der Waals surface area contributed by atoms with E-state index in [-0.39, 0.29) is 16.5 Å². The van der Waals surface area contributed by atoms with E-state index in [2.05, 4.69) is 0 Å². The predicted molar refractivity (Wildman–Crippen MR) is 95.3 cm³/mol. The van der Waals surface area contributed by atoms with Crippen molar-refractivity contribution < 1.29 is 33.0 Å². The van der Waals surface area contributed by atoms with Crippen LogP contribution in [0, 0.1) is 17.5 Å². The Hall–Kier alpha value is -3.82. The van der Waals surface area contributed by atoms with Gasteiger partial charge in [0.05, 0.1) is 12.1 Å². The molecule has 0 aliphatic carbocycles. The average molecular weight is 406 g/mol. The number of carbonyl (C=O) groups excluding carboxylic acids is 1. The molecule has 2 aromatic carbocycles. The molecule has 3 aromatic rings. The first kappa shape index (κ1) is 19.9. The summed E-state index contributed by atoms with van der Waals surface area (Å²) in [5.74, 6) is -5.84. The molecule has 0 fully saturated rings. The Morgan fingerprint density at radius 1 is 1.03 bits per heavy atom. The minimum Gasteiger partial charge on any atom is -0.506 e. The van der Waals surface area contributed by atoms with Crippen LogP contribution >= 0.6 is 0 Å². The molecular formula is C19H13F3N2O5. The van der Waals surface area contributed by atoms with Gasteiger partial charge in [0, 0.05) is 10.9 Å². The molecule has 0 saturated carbocycles. The van der Waals surface area contributed by atoms with Gasteiger partial charge in [-0.1, -0.05) is 0 Å². The molecule has 10 heteroatoms. The number of benzene rings is 2. The zero-order valence-corrected chi connectivity index (χ0v) is 14.6. The van der Waals surface area contributed by atoms with Crippen LogP contribution in [0.4, 0.5) is 13.2 Å². The van der Waals surface area contributed by atoms with E-state index in [1.807, 2.05) is 5.32 Å². The third-order valence-electron chi connectivity index (χ3n) is 4.16. The number of hydrogen-bond donors (Lipinski definition) is 3. The second kappa shape index (κ2) is 7.66. The molecule has 7 nitrogen and oxygen atoms in total. The largest absolute Gasteiger partial charge is 0.506 e. The van der Waals surface area contributed by atoms with Gasteiger partial charge in [-0.25, -0.2) is 13.2 Å². The number of aromatic hydroxyl groups is 1. The van der Waals surface area contributed by atoms with E-state index in [4.69, 9.17) is 5.11 Å². The molecule has 0 bridgehead atoms. The number of halogens is 3. The summed E-state index contributed by atoms with van der Waals surface area (Å²) in [5, 5.41) is 20.7. The highest BCUT2D eigenvalue weighted by Gasteiger charge is 2.23. The molecule has 0 spiro atoms. The van der Waals surface area contributed by atoms with E-state index in [9.17, 15) is 32.7 Å². The summed E-state index contributed by atoms with van der Waals surface area (Å²) >= 11 is 0. The highest BCUT2D eigenvalue weighted by Crippen LogP contribution is 2.28. The number of nitrogens with one attached hydrogen (secondary N) is 1. The second-order valence-electron chi connectivity index (χ2n) is 6.09. The van der Waals surface area contributed by atoms with Crippen LogP contribution in [-0.4, -0.2) is 33.2 Å². The number of carboxylic acids is 1. The van der Waals surface area contributed by atoms with E-state index in [0.717, 1.165) is 41.0 Å². The van der Waals surface area contributed by atoms with Crippen LogP contribution in [0.15, 0.2) is 41.2 Å². The van der Waals surface area contributed by atoms with Crippen LogP contribution in [0.25, 0.3) is 10.9 Å². The lowest BCUT2D eigenvalue weighted by atomic mass is 10.1. The summed E-state index contributed by atoms with van der Waals surface area (Å²) < 4.78 is 42.1. The van der Waals surface area contributed by atoms with Gasteiger partial charge in [-0.15, -0.1) is 0 Å². The van der Waals surface area contributed by atoms with Crippen molar-refractivity contribution in [3.05, 3.63) is 75.3 Å². The fraction of sp³-hybridized carbons (Fsp3) is 0.105. The monoisotopic (exact) mass is 406 g/mol. The van der Waals surface area contributed by atoms with Crippen molar-refractivity contribution in [1.82, 2.24) is 9.88 Å². The van der Waals surface area contributed by atoms with Crippen LogP contribution in [0.2, 0.25) is 0 Å². The van der Waals surface area contributed by atoms with Crippen molar-refractivity contribution in [2.45, 2.75) is 6.54 Å². The Bertz CT molecular complexity index is 1210. The molecule has 3 N–H and O–H groups in total. The van der Waals surface area contributed by atoms with Gasteiger partial charge < -0.3 is 20.1 Å². The van der Waals surface area contributed by atoms with Gasteiger partial charge in [-0.2, -0.15) is 0 Å². The lowest BCUT2D eigenvalue weighted by Crippen LogP contribution is -2.36. The number of rotatable bonds is 5. The van der Waals surface area contributed by atoms with Crippen LogP contribution in [0.1, 0.15) is 15.9 Å². The maximum absolute atomic E-state index is 14.1. The zero-order valence-electron chi connectivity index (χ0n) is 14.6. The van der Waals surface area contributed by atoms with Gasteiger partial charge in [0.1, 0.15) is 35.3 Å². The summed E-state index contributed by atoms with van der Waals surface area (Å²) in [5.41, 5.74) is -2.19. The number of pyridine rings is 1. The first-order valence-corrected chi connectivity index (χ1v) is 8.18. The van der Waals surface area contributed by atoms with E-state index in [0.29, 0.717) is 0 Å². The smallest absolute Gasteiger partial charge is 0.322 e. The number of carbonyl (C=O) groups is 2. The maximum Gasteiger partial charge on any atom is 0.322 e. The van der Waals surface area contributed by atoms with Crippen molar-refractivity contribution in [3.8, 4) is 5.75 Å². The minimum absolute atomic E-state index is 0.0349. The van der Waals surface area contributed by atoms with E-state index in [1.165, 1.54) is 0 Å². The van der Waals surface area contributed by atoms with Gasteiger partial charge in [-0.3, -0.25) is 14.4 Å². The van der Waals surface area contributed by atoms with E-state index < -0.39 is 59.3 Å². The molecule has 0 saturated heterocycles. The number of nitrogens with zero attached hydrogens (tertiary/aromatic N) is 1. The second-order valence-corrected chi connectivity index (χ2v) is 6.09. The quantitative estimate of drug-likeness (QED) is 0.601. The molecule has 150 valence electrons. The summed E-state index contributed by atoms with van der Waals surface area (Å²) in [7, 11) is 0. The number of hydrogen-bond acceptors (Lipinski definition) is 4. The maximum atomic E-state index is 14.1. The van der Waals surface area contributed by atoms with Crippen molar-refractivity contribution in [2.75, 3.05) is 6.54 Å². The third kappa shape index (κ3) is 3.91. The summed E-state index contributed by atoms with van der Waals surface area (Å²) in [6, 6.07) is 5.59. The van der Waals surface area contributed by atoms with Crippen molar-refractivity contribution in [2.24, 2.45) is 0 Å². The Morgan fingerprint density at radius 3 is 2.38 bits per heavy atom. The SMILES string of the molecule is O=C(O)CNC(=O)c1c(O)c2cc(F)ccc2n(Cc2cc(F)ccc2F)c1=O. The van der Waals surface area contributed by atoms with Crippen LogP contribution in [0.5, 0.6) is 5.75 Å². The number of carboxylic acid groups (broad SMARTS) is 1. The molecule has 0 aliphatic heterocycles. The van der Waals surface area contributed by atoms with Crippen molar-refractivity contribution in [1.29, 1.82) is 0 Å². The summed E-state index contributed by atoms with van der Waals surface area (Å²) in [6.45, 7) is -1.36. The van der Waals surface area contributed by atoms with Crippen LogP contribution in [-0.2, 0) is 11.3 Å². The molecule has 1 heterocycles. The Morgan fingerprint density at radius 2 is 1.69 bits per heavy atom. The molecule has 0 atom stereocenters. The molecule has 0 radical (unpaired) electrons. The fourth-order valence-corrected chi connectivity index (χ4v) is 2.85. The Balaban J connectivity index is 2.25. The number of aromatic nitrogens is 1. The highest BCUT2D eigenvalue weighted by molar-refractivity contribution is 6.03. The minimum atomic E-state index is -1.40. The molecule has 1 amide bonds. The van der Waals surface area contributed by atoms with Gasteiger partial charge in [-0.05, 0) is 36.4 Å². The van der Waals surface area contributed by atoms with Gasteiger partial charge in [0.2, 0.25) is 0 Å². The van der Waals surface area contributed by atoms with Crippen molar-refractivity contribution >= 4 is 22.8 Å². The molecule has 3 rings (SSSR count). The lowest BCUT2D eigenvalue weighted by molar-refractivity contribution is -0.135. The summed E-state index contributed by atoms with van der Waals surface area (Å²) in [6.07, 6.45) is 0. The van der Waals surface area contributed by atoms with E-state index in [1.54, 1.807) is 0 Å². The van der Waals surface area contributed by atoms with Gasteiger partial charge in [0.25, 0.3) is 11.5 Å². The number of fused-ring (bicyclic) bond motifs is 1. The molecule has 29 heavy (non-hydrogen) atoms. The van der Waals surface area contributed by atoms with Crippen LogP contribution < -0.4 is 10.9 Å². The number of amides is 1. The topological polar surface area (TPSA) is 109 Å². The normalized spacial score (nSPS) is 10.9. The first-order valence-electron chi connectivity index (χ1n) is 8.18. The predicted octanol–water partition coefficient (Wildman–Crippen LogP) is 1.99. The Labute approximate surface area is 160 Å². The lowest BCUT2D eigenvalue weighted by Gasteiger charge is -2.15. The summed E-state index contributed by atoms with van der Waals surface area (Å²) in [4.78, 5) is 35.8. The molecule has 0 aliphatic rings. The molecule has 0 unspecified atom stereocenters. The number of aliphatic carboxylic acids is 1. The average Bonchev–Trinajstić information content (AvgIpc) is 2.66. The molecular weight excluding hydrogens is 393 g/mol. The highest BCUT2D eigenvalue weighted by atomic mass is 19.1. The van der Waals surface area contributed by atoms with Crippen molar-refractivity contribution in [3.63, 3.8) is 0 Å². The van der Waals surface area contributed by atoms with Crippen LogP contribution in [0.3, 0.4) is 0 Å².